The first kappa shape index (κ1) is 14.7. The van der Waals surface area contributed by atoms with Crippen LogP contribution in [0.15, 0.2) is 53.2 Å². The van der Waals surface area contributed by atoms with Gasteiger partial charge in [0.1, 0.15) is 11.4 Å². The van der Waals surface area contributed by atoms with Crippen LogP contribution in [0.4, 0.5) is 0 Å². The Hall–Kier alpha value is -2.25. The van der Waals surface area contributed by atoms with Crippen molar-refractivity contribution in [1.29, 1.82) is 5.26 Å². The smallest absolute Gasteiger partial charge is 0.129 e. The second kappa shape index (κ2) is 5.51. The average molecular weight is 308 g/mol. The van der Waals surface area contributed by atoms with Gasteiger partial charge in [0.05, 0.1) is 11.6 Å². The summed E-state index contributed by atoms with van der Waals surface area (Å²) >= 11 is 1.66. The Morgan fingerprint density at radius 1 is 1.27 bits per heavy atom. The van der Waals surface area contributed by atoms with Crippen molar-refractivity contribution in [3.8, 4) is 11.8 Å². The van der Waals surface area contributed by atoms with Crippen molar-refractivity contribution in [2.75, 3.05) is 0 Å². The topological polar surface area (TPSA) is 45.9 Å². The van der Waals surface area contributed by atoms with E-state index in [1.54, 1.807) is 24.0 Å². The zero-order valence-electron chi connectivity index (χ0n) is 12.8. The van der Waals surface area contributed by atoms with Crippen molar-refractivity contribution >= 4 is 16.7 Å². The fraction of sp³-hybridized carbons (Fsp3) is 0.222. The van der Waals surface area contributed by atoms with Gasteiger partial charge in [0.2, 0.25) is 0 Å². The van der Waals surface area contributed by atoms with E-state index in [2.05, 4.69) is 31.8 Å². The Bertz CT molecular complexity index is 788. The molecule has 0 atom stereocenters. The third kappa shape index (κ3) is 2.60. The molecule has 0 bridgehead atoms. The fourth-order valence-electron chi connectivity index (χ4n) is 2.35. The van der Waals surface area contributed by atoms with Crippen LogP contribution in [-0.2, 0) is 0 Å². The van der Waals surface area contributed by atoms with E-state index in [0.717, 1.165) is 26.7 Å². The molecule has 3 rings (SSSR count). The molecule has 0 saturated heterocycles. The van der Waals surface area contributed by atoms with Gasteiger partial charge in [-0.25, -0.2) is 0 Å². The number of nitriles is 1. The first-order valence-corrected chi connectivity index (χ1v) is 7.86. The lowest BCUT2D eigenvalue weighted by atomic mass is 9.93. The van der Waals surface area contributed by atoms with E-state index in [0.29, 0.717) is 5.56 Å². The number of benzene rings is 1. The molecule has 1 aromatic carbocycles. The Kier molecular flexibility index (Phi) is 3.67. The van der Waals surface area contributed by atoms with Crippen molar-refractivity contribution in [1.82, 2.24) is 4.98 Å². The Morgan fingerprint density at radius 3 is 2.77 bits per heavy atom. The van der Waals surface area contributed by atoms with Crippen molar-refractivity contribution in [2.45, 2.75) is 31.3 Å². The minimum absolute atomic E-state index is 0.369. The van der Waals surface area contributed by atoms with Gasteiger partial charge in [0.15, 0.2) is 0 Å². The van der Waals surface area contributed by atoms with E-state index in [9.17, 15) is 0 Å². The molecule has 2 aromatic rings. The summed E-state index contributed by atoms with van der Waals surface area (Å²) in [5, 5.41) is 9.16. The van der Waals surface area contributed by atoms with Gasteiger partial charge in [-0.15, -0.1) is 0 Å². The third-order valence-corrected chi connectivity index (χ3v) is 5.02. The second-order valence-electron chi connectivity index (χ2n) is 5.68. The molecule has 1 aliphatic heterocycles. The lowest BCUT2D eigenvalue weighted by Gasteiger charge is -2.35. The van der Waals surface area contributed by atoms with E-state index >= 15 is 0 Å². The van der Waals surface area contributed by atoms with Crippen LogP contribution in [-0.4, -0.2) is 10.6 Å². The highest BCUT2D eigenvalue weighted by molar-refractivity contribution is 8.08. The van der Waals surface area contributed by atoms with Crippen molar-refractivity contribution in [3.63, 3.8) is 0 Å². The highest BCUT2D eigenvalue weighted by atomic mass is 32.2. The van der Waals surface area contributed by atoms with Crippen LogP contribution in [0.2, 0.25) is 0 Å². The molecule has 0 fully saturated rings. The van der Waals surface area contributed by atoms with Crippen LogP contribution in [0.5, 0.6) is 5.75 Å². The predicted octanol–water partition coefficient (Wildman–Crippen LogP) is 4.65. The zero-order valence-corrected chi connectivity index (χ0v) is 13.6. The molecule has 4 heteroatoms. The lowest BCUT2D eigenvalue weighted by Crippen LogP contribution is -2.33. The fourth-order valence-corrected chi connectivity index (χ4v) is 3.51. The van der Waals surface area contributed by atoms with Crippen LogP contribution in [0.1, 0.15) is 31.9 Å². The standard InChI is InChI=1S/C18H16N2OS/c1-12-17(22-14-5-4-8-20-11-14)15-9-13(10-19)6-7-16(15)21-18(12,2)3/h4-9,11H,1-3H3. The number of nitrogens with zero attached hydrogens (tertiary/aromatic N) is 2. The molecule has 1 aromatic heterocycles. The second-order valence-corrected chi connectivity index (χ2v) is 6.76. The van der Waals surface area contributed by atoms with Gasteiger partial charge in [-0.2, -0.15) is 5.26 Å². The van der Waals surface area contributed by atoms with E-state index in [1.165, 1.54) is 0 Å². The molecule has 1 aliphatic rings. The van der Waals surface area contributed by atoms with E-state index in [4.69, 9.17) is 10.00 Å². The van der Waals surface area contributed by atoms with Crippen LogP contribution in [0, 0.1) is 11.3 Å². The summed E-state index contributed by atoms with van der Waals surface area (Å²) in [6, 6.07) is 11.7. The van der Waals surface area contributed by atoms with Crippen LogP contribution in [0.25, 0.3) is 4.91 Å². The van der Waals surface area contributed by atoms with Gasteiger partial charge in [-0.1, -0.05) is 11.8 Å². The van der Waals surface area contributed by atoms with E-state index in [1.807, 2.05) is 30.5 Å². The van der Waals surface area contributed by atoms with Crippen LogP contribution in [0.3, 0.4) is 0 Å². The minimum atomic E-state index is -0.369. The first-order valence-electron chi connectivity index (χ1n) is 7.04. The SMILES string of the molecule is CC1=C(Sc2cccnc2)c2cc(C#N)ccc2OC1(C)C. The largest absolute Gasteiger partial charge is 0.483 e. The summed E-state index contributed by atoms with van der Waals surface area (Å²) in [6.45, 7) is 6.21. The Labute approximate surface area is 134 Å². The van der Waals surface area contributed by atoms with Crippen molar-refractivity contribution in [2.24, 2.45) is 0 Å². The van der Waals surface area contributed by atoms with Gasteiger partial charge >= 0.3 is 0 Å². The molecule has 22 heavy (non-hydrogen) atoms. The molecule has 0 spiro atoms. The summed E-state index contributed by atoms with van der Waals surface area (Å²) in [5.41, 5.74) is 2.40. The Morgan fingerprint density at radius 2 is 2.09 bits per heavy atom. The maximum absolute atomic E-state index is 9.16. The van der Waals surface area contributed by atoms with E-state index < -0.39 is 0 Å². The molecule has 0 saturated carbocycles. The molecule has 0 unspecified atom stereocenters. The first-order chi connectivity index (χ1) is 10.5. The molecule has 0 N–H and O–H groups in total. The van der Waals surface area contributed by atoms with Gasteiger partial charge in [0, 0.05) is 27.8 Å². The highest BCUT2D eigenvalue weighted by Crippen LogP contribution is 2.48. The third-order valence-electron chi connectivity index (χ3n) is 3.82. The van der Waals surface area contributed by atoms with Crippen molar-refractivity contribution < 1.29 is 4.74 Å². The molecule has 2 heterocycles. The number of fused-ring (bicyclic) bond motifs is 1. The van der Waals surface area contributed by atoms with Crippen LogP contribution < -0.4 is 4.74 Å². The maximum Gasteiger partial charge on any atom is 0.129 e. The molecular formula is C18H16N2OS. The monoisotopic (exact) mass is 308 g/mol. The average Bonchev–Trinajstić information content (AvgIpc) is 2.52. The maximum atomic E-state index is 9.16. The van der Waals surface area contributed by atoms with Gasteiger partial charge in [-0.3, -0.25) is 4.98 Å². The van der Waals surface area contributed by atoms with Gasteiger partial charge in [0.25, 0.3) is 0 Å². The van der Waals surface area contributed by atoms with Gasteiger partial charge < -0.3 is 4.74 Å². The number of thioether (sulfide) groups is 1. The minimum Gasteiger partial charge on any atom is -0.483 e. The molecule has 0 aliphatic carbocycles. The summed E-state index contributed by atoms with van der Waals surface area (Å²) in [5.74, 6) is 0.820. The molecule has 0 amide bonds. The summed E-state index contributed by atoms with van der Waals surface area (Å²) in [6.07, 6.45) is 3.61. The molecule has 0 radical (unpaired) electrons. The number of pyridine rings is 1. The summed E-state index contributed by atoms with van der Waals surface area (Å²) < 4.78 is 6.10. The number of ether oxygens (including phenoxy) is 1. The number of aromatic nitrogens is 1. The lowest BCUT2D eigenvalue weighted by molar-refractivity contribution is 0.145. The van der Waals surface area contributed by atoms with Crippen LogP contribution >= 0.6 is 11.8 Å². The highest BCUT2D eigenvalue weighted by Gasteiger charge is 2.32. The number of hydrogen-bond donors (Lipinski definition) is 0. The summed E-state index contributed by atoms with van der Waals surface area (Å²) in [7, 11) is 0. The van der Waals surface area contributed by atoms with Gasteiger partial charge in [-0.05, 0) is 56.7 Å². The number of hydrogen-bond acceptors (Lipinski definition) is 4. The molecule has 110 valence electrons. The van der Waals surface area contributed by atoms with Crippen molar-refractivity contribution in [3.05, 3.63) is 59.4 Å². The van der Waals surface area contributed by atoms with E-state index in [-0.39, 0.29) is 5.60 Å². The molecular weight excluding hydrogens is 292 g/mol. The normalized spacial score (nSPS) is 15.7. The quantitative estimate of drug-likeness (QED) is 0.810. The predicted molar refractivity (Wildman–Crippen MR) is 88.6 cm³/mol. The number of rotatable bonds is 2. The Balaban J connectivity index is 2.14. The molecule has 3 nitrogen and oxygen atoms in total. The summed E-state index contributed by atoms with van der Waals surface area (Å²) in [4.78, 5) is 6.38. The zero-order chi connectivity index (χ0) is 15.7.